The van der Waals surface area contributed by atoms with E-state index in [1.165, 1.54) is 25.5 Å². The number of ether oxygens (including phenoxy) is 2. The van der Waals surface area contributed by atoms with Crippen molar-refractivity contribution >= 4 is 22.1 Å². The Hall–Kier alpha value is -3.69. The Morgan fingerprint density at radius 2 is 1.71 bits per heavy atom. The summed E-state index contributed by atoms with van der Waals surface area (Å²) in [7, 11) is -0.870. The second-order valence-corrected chi connectivity index (χ2v) is 9.23. The van der Waals surface area contributed by atoms with Gasteiger partial charge in [-0.2, -0.15) is 9.82 Å². The first-order valence-corrected chi connectivity index (χ1v) is 12.0. The number of methoxy groups -OCH3 is 2. The maximum Gasteiger partial charge on any atom is 0.258 e. The SMILES string of the molecule is COc1ccc(C=NNC(=O)C(Cc2ccccc2)NS(=O)(=O)c2ccc(C)cc2)c(OC)c1. The Morgan fingerprint density at radius 1 is 1.00 bits per heavy atom. The molecule has 9 heteroatoms. The summed E-state index contributed by atoms with van der Waals surface area (Å²) in [5.74, 6) is 0.535. The van der Waals surface area contributed by atoms with E-state index in [-0.39, 0.29) is 11.3 Å². The number of rotatable bonds is 10. The van der Waals surface area contributed by atoms with E-state index in [9.17, 15) is 13.2 Å². The Labute approximate surface area is 199 Å². The van der Waals surface area contributed by atoms with E-state index in [1.54, 1.807) is 37.4 Å². The van der Waals surface area contributed by atoms with Crippen LogP contribution >= 0.6 is 0 Å². The van der Waals surface area contributed by atoms with E-state index in [0.717, 1.165) is 11.1 Å². The van der Waals surface area contributed by atoms with Gasteiger partial charge in [-0.15, -0.1) is 0 Å². The smallest absolute Gasteiger partial charge is 0.258 e. The number of hydrogen-bond donors (Lipinski definition) is 2. The van der Waals surface area contributed by atoms with Crippen LogP contribution in [-0.4, -0.2) is 40.8 Å². The minimum Gasteiger partial charge on any atom is -0.497 e. The topological polar surface area (TPSA) is 106 Å². The fourth-order valence-corrected chi connectivity index (χ4v) is 4.37. The van der Waals surface area contributed by atoms with Gasteiger partial charge in [-0.05, 0) is 43.2 Å². The minimum atomic E-state index is -3.93. The molecule has 0 spiro atoms. The van der Waals surface area contributed by atoms with Gasteiger partial charge >= 0.3 is 0 Å². The van der Waals surface area contributed by atoms with Crippen LogP contribution in [0.3, 0.4) is 0 Å². The summed E-state index contributed by atoms with van der Waals surface area (Å²) in [5.41, 5.74) is 4.78. The number of hydrogen-bond acceptors (Lipinski definition) is 6. The lowest BCUT2D eigenvalue weighted by molar-refractivity contribution is -0.122. The normalized spacial score (nSPS) is 12.3. The molecule has 3 rings (SSSR count). The van der Waals surface area contributed by atoms with Crippen molar-refractivity contribution in [1.29, 1.82) is 0 Å². The Morgan fingerprint density at radius 3 is 2.35 bits per heavy atom. The monoisotopic (exact) mass is 481 g/mol. The van der Waals surface area contributed by atoms with Crippen molar-refractivity contribution in [2.45, 2.75) is 24.3 Å². The third-order valence-electron chi connectivity index (χ3n) is 5.05. The molecule has 3 aromatic rings. The van der Waals surface area contributed by atoms with Gasteiger partial charge in [0, 0.05) is 11.6 Å². The summed E-state index contributed by atoms with van der Waals surface area (Å²) in [6.45, 7) is 1.87. The molecule has 1 unspecified atom stereocenters. The molecule has 0 radical (unpaired) electrons. The highest BCUT2D eigenvalue weighted by Gasteiger charge is 2.26. The third-order valence-corrected chi connectivity index (χ3v) is 6.53. The number of nitrogens with zero attached hydrogens (tertiary/aromatic N) is 1. The molecule has 0 aliphatic rings. The van der Waals surface area contributed by atoms with Gasteiger partial charge in [-0.3, -0.25) is 4.79 Å². The average Bonchev–Trinajstić information content (AvgIpc) is 2.84. The lowest BCUT2D eigenvalue weighted by Gasteiger charge is -2.17. The van der Waals surface area contributed by atoms with Gasteiger partial charge < -0.3 is 9.47 Å². The van der Waals surface area contributed by atoms with Crippen LogP contribution in [0.2, 0.25) is 0 Å². The van der Waals surface area contributed by atoms with E-state index in [4.69, 9.17) is 9.47 Å². The predicted molar refractivity (Wildman–Crippen MR) is 131 cm³/mol. The number of nitrogens with one attached hydrogen (secondary N) is 2. The van der Waals surface area contributed by atoms with Gasteiger partial charge in [0.15, 0.2) is 0 Å². The molecular weight excluding hydrogens is 454 g/mol. The van der Waals surface area contributed by atoms with Gasteiger partial charge in [0.1, 0.15) is 17.5 Å². The zero-order valence-electron chi connectivity index (χ0n) is 19.2. The number of carbonyl (C=O) groups is 1. The van der Waals surface area contributed by atoms with Gasteiger partial charge in [0.2, 0.25) is 10.0 Å². The van der Waals surface area contributed by atoms with Crippen molar-refractivity contribution in [2.75, 3.05) is 14.2 Å². The van der Waals surface area contributed by atoms with Gasteiger partial charge in [0.25, 0.3) is 5.91 Å². The van der Waals surface area contributed by atoms with E-state index in [2.05, 4.69) is 15.2 Å². The van der Waals surface area contributed by atoms with E-state index in [0.29, 0.717) is 17.1 Å². The molecule has 0 fully saturated rings. The quantitative estimate of drug-likeness (QED) is 0.342. The number of sulfonamides is 1. The zero-order valence-corrected chi connectivity index (χ0v) is 20.0. The van der Waals surface area contributed by atoms with Crippen molar-refractivity contribution in [2.24, 2.45) is 5.10 Å². The summed E-state index contributed by atoms with van der Waals surface area (Å²) in [6.07, 6.45) is 1.57. The number of aryl methyl sites for hydroxylation is 1. The number of benzene rings is 3. The van der Waals surface area contributed by atoms with Gasteiger partial charge in [-0.25, -0.2) is 13.8 Å². The second-order valence-electron chi connectivity index (χ2n) is 7.52. The molecule has 2 N–H and O–H groups in total. The highest BCUT2D eigenvalue weighted by atomic mass is 32.2. The first-order valence-electron chi connectivity index (χ1n) is 10.5. The highest BCUT2D eigenvalue weighted by Crippen LogP contribution is 2.23. The van der Waals surface area contributed by atoms with Crippen LogP contribution in [0.1, 0.15) is 16.7 Å². The molecule has 34 heavy (non-hydrogen) atoms. The summed E-state index contributed by atoms with van der Waals surface area (Å²) in [6, 6.07) is 19.6. The first-order chi connectivity index (χ1) is 16.3. The first kappa shape index (κ1) is 24.9. The van der Waals surface area contributed by atoms with E-state index in [1.807, 2.05) is 37.3 Å². The van der Waals surface area contributed by atoms with Crippen LogP contribution in [-0.2, 0) is 21.2 Å². The molecule has 0 aliphatic carbocycles. The maximum atomic E-state index is 13.0. The maximum absolute atomic E-state index is 13.0. The second kappa shape index (κ2) is 11.4. The summed E-state index contributed by atoms with van der Waals surface area (Å²) in [5, 5.41) is 4.00. The molecule has 0 heterocycles. The predicted octanol–water partition coefficient (Wildman–Crippen LogP) is 3.05. The Bertz CT molecular complexity index is 1240. The molecule has 1 amide bonds. The summed E-state index contributed by atoms with van der Waals surface area (Å²) < 4.78 is 38.9. The van der Waals surface area contributed by atoms with Crippen molar-refractivity contribution < 1.29 is 22.7 Å². The van der Waals surface area contributed by atoms with Crippen molar-refractivity contribution in [1.82, 2.24) is 10.1 Å². The zero-order chi connectivity index (χ0) is 24.6. The number of hydrazone groups is 1. The highest BCUT2D eigenvalue weighted by molar-refractivity contribution is 7.89. The fraction of sp³-hybridized carbons (Fsp3) is 0.200. The standard InChI is InChI=1S/C25H27N3O5S/c1-18-9-13-22(14-10-18)34(30,31)28-23(15-19-7-5-4-6-8-19)25(29)27-26-17-20-11-12-21(32-2)16-24(20)33-3/h4-14,16-17,23,28H,15H2,1-3H3,(H,27,29). The van der Waals surface area contributed by atoms with Crippen LogP contribution in [0.25, 0.3) is 0 Å². The molecule has 0 saturated heterocycles. The van der Waals surface area contributed by atoms with Crippen molar-refractivity contribution in [3.63, 3.8) is 0 Å². The van der Waals surface area contributed by atoms with Gasteiger partial charge in [0.05, 0.1) is 25.3 Å². The van der Waals surface area contributed by atoms with Crippen LogP contribution in [0.4, 0.5) is 0 Å². The third kappa shape index (κ3) is 6.66. The summed E-state index contributed by atoms with van der Waals surface area (Å²) >= 11 is 0. The fourth-order valence-electron chi connectivity index (χ4n) is 3.18. The molecule has 0 bridgehead atoms. The van der Waals surface area contributed by atoms with Crippen molar-refractivity contribution in [3.05, 3.63) is 89.5 Å². The van der Waals surface area contributed by atoms with Crippen LogP contribution in [0.15, 0.2) is 82.8 Å². The lowest BCUT2D eigenvalue weighted by Crippen LogP contribution is -2.46. The molecule has 0 saturated carbocycles. The number of amides is 1. The Kier molecular flexibility index (Phi) is 8.39. The number of carbonyl (C=O) groups excluding carboxylic acids is 1. The van der Waals surface area contributed by atoms with Crippen LogP contribution < -0.4 is 19.6 Å². The van der Waals surface area contributed by atoms with E-state index >= 15 is 0 Å². The molecule has 8 nitrogen and oxygen atoms in total. The lowest BCUT2D eigenvalue weighted by atomic mass is 10.1. The molecule has 1 atom stereocenters. The summed E-state index contributed by atoms with van der Waals surface area (Å²) in [4.78, 5) is 13.0. The Balaban J connectivity index is 1.79. The molecular formula is C25H27N3O5S. The largest absolute Gasteiger partial charge is 0.497 e. The molecule has 3 aromatic carbocycles. The molecule has 178 valence electrons. The average molecular weight is 482 g/mol. The van der Waals surface area contributed by atoms with Crippen molar-refractivity contribution in [3.8, 4) is 11.5 Å². The molecule has 0 aliphatic heterocycles. The van der Waals surface area contributed by atoms with E-state index < -0.39 is 22.0 Å². The minimum absolute atomic E-state index is 0.0791. The van der Waals surface area contributed by atoms with Crippen LogP contribution in [0, 0.1) is 6.92 Å². The van der Waals surface area contributed by atoms with Gasteiger partial charge in [-0.1, -0.05) is 48.0 Å². The molecule has 0 aromatic heterocycles. The van der Waals surface area contributed by atoms with Crippen LogP contribution in [0.5, 0.6) is 11.5 Å².